The lowest BCUT2D eigenvalue weighted by molar-refractivity contribution is 0.543. The van der Waals surface area contributed by atoms with Crippen molar-refractivity contribution in [2.24, 2.45) is 0 Å². The fourth-order valence-electron chi connectivity index (χ4n) is 2.43. The Hall–Kier alpha value is -1.26. The quantitative estimate of drug-likeness (QED) is 0.795. The molecule has 112 valence electrons. The Balaban J connectivity index is 2.26. The molecule has 0 spiro atoms. The molecule has 0 saturated heterocycles. The average molecular weight is 354 g/mol. The fourth-order valence-corrected chi connectivity index (χ4v) is 2.94. The molecule has 0 bridgehead atoms. The molecule has 2 rings (SSSR count). The van der Waals surface area contributed by atoms with Gasteiger partial charge in [0.05, 0.1) is 0 Å². The third-order valence-corrected chi connectivity index (χ3v) is 3.85. The Labute approximate surface area is 132 Å². The van der Waals surface area contributed by atoms with E-state index in [0.717, 1.165) is 12.1 Å². The van der Waals surface area contributed by atoms with Gasteiger partial charge < -0.3 is 5.32 Å². The zero-order valence-electron chi connectivity index (χ0n) is 11.9. The maximum atomic E-state index is 14.0. The summed E-state index contributed by atoms with van der Waals surface area (Å²) >= 11 is 3.30. The molecule has 2 aromatic carbocycles. The number of likely N-dealkylation sites (N-methyl/N-ethyl adjacent to an activating group) is 1. The summed E-state index contributed by atoms with van der Waals surface area (Å²) in [4.78, 5) is 0. The molecule has 1 N–H and O–H groups in total. The van der Waals surface area contributed by atoms with Crippen molar-refractivity contribution in [3.8, 4) is 0 Å². The molecule has 1 nitrogen and oxygen atoms in total. The van der Waals surface area contributed by atoms with E-state index in [2.05, 4.69) is 21.2 Å². The van der Waals surface area contributed by atoms with Gasteiger partial charge in [-0.05, 0) is 48.4 Å². The van der Waals surface area contributed by atoms with Gasteiger partial charge in [0.2, 0.25) is 0 Å². The van der Waals surface area contributed by atoms with Crippen LogP contribution in [-0.4, -0.2) is 13.1 Å². The van der Waals surface area contributed by atoms with Crippen LogP contribution in [0.15, 0.2) is 46.9 Å². The molecule has 0 fully saturated rings. The van der Waals surface area contributed by atoms with Gasteiger partial charge in [0.1, 0.15) is 11.6 Å². The van der Waals surface area contributed by atoms with Crippen molar-refractivity contribution in [3.63, 3.8) is 0 Å². The van der Waals surface area contributed by atoms with E-state index in [-0.39, 0.29) is 17.6 Å². The number of rotatable bonds is 6. The maximum absolute atomic E-state index is 14.0. The van der Waals surface area contributed by atoms with Crippen molar-refractivity contribution < 1.29 is 8.78 Å². The zero-order chi connectivity index (χ0) is 15.2. The molecular formula is C17H18BrF2N. The van der Waals surface area contributed by atoms with E-state index in [0.29, 0.717) is 23.0 Å². The average Bonchev–Trinajstić information content (AvgIpc) is 2.43. The largest absolute Gasteiger partial charge is 0.316 e. The summed E-state index contributed by atoms with van der Waals surface area (Å²) in [5.74, 6) is -0.522. The summed E-state index contributed by atoms with van der Waals surface area (Å²) in [5.41, 5.74) is 1.52. The Kier molecular flexibility index (Phi) is 5.88. The standard InChI is InChI=1S/C17H18BrF2N/c1-2-21-11-13(16-5-3-4-6-17(16)20)7-12-8-14(18)10-15(19)9-12/h3-6,8-10,13,21H,2,7,11H2,1H3. The van der Waals surface area contributed by atoms with Crippen molar-refractivity contribution in [3.05, 3.63) is 69.7 Å². The minimum Gasteiger partial charge on any atom is -0.316 e. The van der Waals surface area contributed by atoms with E-state index < -0.39 is 0 Å². The van der Waals surface area contributed by atoms with E-state index >= 15 is 0 Å². The molecule has 0 radical (unpaired) electrons. The molecule has 0 saturated carbocycles. The lowest BCUT2D eigenvalue weighted by Crippen LogP contribution is -2.23. The third kappa shape index (κ3) is 4.61. The maximum Gasteiger partial charge on any atom is 0.126 e. The lowest BCUT2D eigenvalue weighted by Gasteiger charge is -2.19. The SMILES string of the molecule is CCNCC(Cc1cc(F)cc(Br)c1)c1ccccc1F. The Morgan fingerprint density at radius 3 is 2.57 bits per heavy atom. The first kappa shape index (κ1) is 16.1. The number of nitrogens with one attached hydrogen (secondary N) is 1. The van der Waals surface area contributed by atoms with Crippen LogP contribution in [0.5, 0.6) is 0 Å². The zero-order valence-corrected chi connectivity index (χ0v) is 13.5. The minimum atomic E-state index is -0.282. The monoisotopic (exact) mass is 353 g/mol. The third-order valence-electron chi connectivity index (χ3n) is 3.39. The molecule has 0 aliphatic carbocycles. The molecule has 0 aromatic heterocycles. The Morgan fingerprint density at radius 1 is 1.14 bits per heavy atom. The van der Waals surface area contributed by atoms with Crippen LogP contribution >= 0.6 is 15.9 Å². The van der Waals surface area contributed by atoms with Gasteiger partial charge >= 0.3 is 0 Å². The molecule has 0 aliphatic heterocycles. The fraction of sp³-hybridized carbons (Fsp3) is 0.294. The summed E-state index contributed by atoms with van der Waals surface area (Å²) in [7, 11) is 0. The first-order chi connectivity index (χ1) is 10.1. The normalized spacial score (nSPS) is 12.4. The molecule has 0 amide bonds. The first-order valence-corrected chi connectivity index (χ1v) is 7.79. The van der Waals surface area contributed by atoms with Crippen LogP contribution in [0.4, 0.5) is 8.78 Å². The van der Waals surface area contributed by atoms with Crippen LogP contribution in [0.3, 0.4) is 0 Å². The summed E-state index contributed by atoms with van der Waals surface area (Å²) in [5, 5.41) is 3.25. The van der Waals surface area contributed by atoms with E-state index in [1.165, 1.54) is 18.2 Å². The predicted octanol–water partition coefficient (Wildman–Crippen LogP) is 4.66. The van der Waals surface area contributed by atoms with Crippen LogP contribution in [-0.2, 0) is 6.42 Å². The van der Waals surface area contributed by atoms with Gasteiger partial charge in [0.15, 0.2) is 0 Å². The van der Waals surface area contributed by atoms with Crippen molar-refractivity contribution in [2.45, 2.75) is 19.3 Å². The molecule has 1 unspecified atom stereocenters. The Morgan fingerprint density at radius 2 is 1.90 bits per heavy atom. The van der Waals surface area contributed by atoms with Gasteiger partial charge in [-0.1, -0.05) is 41.1 Å². The van der Waals surface area contributed by atoms with Gasteiger partial charge in [-0.25, -0.2) is 8.78 Å². The number of hydrogen-bond acceptors (Lipinski definition) is 1. The highest BCUT2D eigenvalue weighted by Crippen LogP contribution is 2.25. The van der Waals surface area contributed by atoms with E-state index in [1.54, 1.807) is 12.1 Å². The van der Waals surface area contributed by atoms with E-state index in [9.17, 15) is 8.78 Å². The topological polar surface area (TPSA) is 12.0 Å². The molecule has 4 heteroatoms. The molecule has 21 heavy (non-hydrogen) atoms. The van der Waals surface area contributed by atoms with Crippen LogP contribution < -0.4 is 5.32 Å². The van der Waals surface area contributed by atoms with Crippen molar-refractivity contribution in [2.75, 3.05) is 13.1 Å². The second kappa shape index (κ2) is 7.66. The Bertz CT molecular complexity index is 581. The molecular weight excluding hydrogens is 336 g/mol. The lowest BCUT2D eigenvalue weighted by atomic mass is 9.91. The molecule has 0 aliphatic rings. The second-order valence-corrected chi connectivity index (χ2v) is 5.92. The van der Waals surface area contributed by atoms with Crippen molar-refractivity contribution in [1.29, 1.82) is 0 Å². The van der Waals surface area contributed by atoms with Gasteiger partial charge in [0.25, 0.3) is 0 Å². The predicted molar refractivity (Wildman–Crippen MR) is 85.5 cm³/mol. The molecule has 2 aromatic rings. The van der Waals surface area contributed by atoms with Crippen LogP contribution in [0.25, 0.3) is 0 Å². The van der Waals surface area contributed by atoms with Gasteiger partial charge in [-0.3, -0.25) is 0 Å². The van der Waals surface area contributed by atoms with Crippen molar-refractivity contribution in [1.82, 2.24) is 5.32 Å². The second-order valence-electron chi connectivity index (χ2n) is 5.01. The highest BCUT2D eigenvalue weighted by atomic mass is 79.9. The van der Waals surface area contributed by atoms with Gasteiger partial charge in [-0.2, -0.15) is 0 Å². The van der Waals surface area contributed by atoms with Gasteiger partial charge in [0, 0.05) is 16.9 Å². The number of benzene rings is 2. The number of halogens is 3. The van der Waals surface area contributed by atoms with Gasteiger partial charge in [-0.15, -0.1) is 0 Å². The summed E-state index contributed by atoms with van der Waals surface area (Å²) in [6.45, 7) is 3.49. The highest BCUT2D eigenvalue weighted by Gasteiger charge is 2.16. The number of hydrogen-bond donors (Lipinski definition) is 1. The first-order valence-electron chi connectivity index (χ1n) is 7.00. The molecule has 0 heterocycles. The van der Waals surface area contributed by atoms with E-state index in [4.69, 9.17) is 0 Å². The van der Waals surface area contributed by atoms with E-state index in [1.807, 2.05) is 19.1 Å². The summed E-state index contributed by atoms with van der Waals surface area (Å²) in [6.07, 6.45) is 0.588. The van der Waals surface area contributed by atoms with Crippen LogP contribution in [0.2, 0.25) is 0 Å². The smallest absolute Gasteiger partial charge is 0.126 e. The van der Waals surface area contributed by atoms with Crippen LogP contribution in [0.1, 0.15) is 24.0 Å². The van der Waals surface area contributed by atoms with Crippen LogP contribution in [0, 0.1) is 11.6 Å². The summed E-state index contributed by atoms with van der Waals surface area (Å²) < 4.78 is 28.2. The molecule has 1 atom stereocenters. The summed E-state index contributed by atoms with van der Waals surface area (Å²) in [6, 6.07) is 11.6. The van der Waals surface area contributed by atoms with Crippen molar-refractivity contribution >= 4 is 15.9 Å². The highest BCUT2D eigenvalue weighted by molar-refractivity contribution is 9.10. The minimum absolute atomic E-state index is 0.0279.